The minimum absolute atomic E-state index is 0.791. The highest BCUT2D eigenvalue weighted by atomic mass is 16.5. The Bertz CT molecular complexity index is 313. The lowest BCUT2D eigenvalue weighted by Crippen LogP contribution is -2.21. The van der Waals surface area contributed by atoms with Crippen LogP contribution >= 0.6 is 0 Å². The van der Waals surface area contributed by atoms with Gasteiger partial charge in [0.2, 0.25) is 0 Å². The number of hydrogen-bond acceptors (Lipinski definition) is 4. The van der Waals surface area contributed by atoms with Crippen molar-refractivity contribution in [2.75, 3.05) is 39.6 Å². The first-order chi connectivity index (χ1) is 7.13. The first-order valence-corrected chi connectivity index (χ1v) is 5.02. The van der Waals surface area contributed by atoms with Gasteiger partial charge < -0.3 is 15.0 Å². The van der Waals surface area contributed by atoms with Gasteiger partial charge in [-0.2, -0.15) is 0 Å². The van der Waals surface area contributed by atoms with E-state index in [1.807, 2.05) is 13.0 Å². The minimum Gasteiger partial charge on any atom is -0.493 e. The molecule has 0 bridgehead atoms. The number of pyridine rings is 1. The molecule has 0 unspecified atom stereocenters. The lowest BCUT2D eigenvalue weighted by molar-refractivity contribution is 0.411. The fraction of sp³-hybridized carbons (Fsp3) is 0.545. The fourth-order valence-corrected chi connectivity index (χ4v) is 1.26. The molecule has 0 atom stereocenters. The average Bonchev–Trinajstić information content (AvgIpc) is 2.17. The molecule has 0 radical (unpaired) electrons. The summed E-state index contributed by atoms with van der Waals surface area (Å²) in [5.41, 5.74) is 2.00. The summed E-state index contributed by atoms with van der Waals surface area (Å²) in [5.74, 6) is 0.791. The first-order valence-electron chi connectivity index (χ1n) is 5.02. The summed E-state index contributed by atoms with van der Waals surface area (Å²) >= 11 is 0. The van der Waals surface area contributed by atoms with Gasteiger partial charge in [-0.15, -0.1) is 0 Å². The Labute approximate surface area is 91.3 Å². The fourth-order valence-electron chi connectivity index (χ4n) is 1.26. The summed E-state index contributed by atoms with van der Waals surface area (Å²) in [5, 5.41) is 3.33. The van der Waals surface area contributed by atoms with Crippen LogP contribution in [0.25, 0.3) is 0 Å². The Morgan fingerprint density at radius 3 is 2.80 bits per heavy atom. The molecule has 0 fully saturated rings. The van der Waals surface area contributed by atoms with Crippen molar-refractivity contribution < 1.29 is 4.74 Å². The van der Waals surface area contributed by atoms with Gasteiger partial charge in [-0.1, -0.05) is 0 Å². The van der Waals surface area contributed by atoms with E-state index in [-0.39, 0.29) is 0 Å². The number of methoxy groups -OCH3 is 1. The number of aryl methyl sites for hydroxylation is 1. The SMILES string of the molecule is COc1cnc(C)cc1NCCN(C)C. The molecule has 0 aliphatic heterocycles. The molecule has 0 aliphatic rings. The van der Waals surface area contributed by atoms with Gasteiger partial charge in [0.15, 0.2) is 5.75 Å². The zero-order valence-corrected chi connectivity index (χ0v) is 9.87. The van der Waals surface area contributed by atoms with E-state index in [0.29, 0.717) is 0 Å². The van der Waals surface area contributed by atoms with Crippen LogP contribution in [0.15, 0.2) is 12.3 Å². The molecule has 1 aromatic heterocycles. The van der Waals surface area contributed by atoms with Crippen LogP contribution < -0.4 is 10.1 Å². The number of nitrogens with one attached hydrogen (secondary N) is 1. The number of rotatable bonds is 5. The summed E-state index contributed by atoms with van der Waals surface area (Å²) in [7, 11) is 5.76. The van der Waals surface area contributed by atoms with E-state index in [1.165, 1.54) is 0 Å². The predicted octanol–water partition coefficient (Wildman–Crippen LogP) is 1.37. The van der Waals surface area contributed by atoms with Gasteiger partial charge in [-0.3, -0.25) is 4.98 Å². The van der Waals surface area contributed by atoms with Gasteiger partial charge in [0, 0.05) is 18.8 Å². The van der Waals surface area contributed by atoms with Crippen molar-refractivity contribution in [2.45, 2.75) is 6.92 Å². The molecule has 0 aliphatic carbocycles. The molecular weight excluding hydrogens is 190 g/mol. The molecule has 0 spiro atoms. The van der Waals surface area contributed by atoms with Gasteiger partial charge in [-0.05, 0) is 27.1 Å². The second-order valence-electron chi connectivity index (χ2n) is 3.76. The Morgan fingerprint density at radius 2 is 2.20 bits per heavy atom. The van der Waals surface area contributed by atoms with Crippen molar-refractivity contribution in [3.8, 4) is 5.75 Å². The van der Waals surface area contributed by atoms with E-state index in [2.05, 4.69) is 29.3 Å². The normalized spacial score (nSPS) is 10.5. The Balaban J connectivity index is 2.62. The van der Waals surface area contributed by atoms with Crippen molar-refractivity contribution >= 4 is 5.69 Å². The lowest BCUT2D eigenvalue weighted by Gasteiger charge is -2.13. The standard InChI is InChI=1S/C11H19N3O/c1-9-7-10(11(15-4)8-13-9)12-5-6-14(2)3/h7-8H,5-6H2,1-4H3,(H,12,13). The van der Waals surface area contributed by atoms with Crippen molar-refractivity contribution in [3.63, 3.8) is 0 Å². The zero-order valence-electron chi connectivity index (χ0n) is 9.87. The molecule has 84 valence electrons. The highest BCUT2D eigenvalue weighted by molar-refractivity contribution is 5.55. The Morgan fingerprint density at radius 1 is 1.47 bits per heavy atom. The van der Waals surface area contributed by atoms with E-state index in [9.17, 15) is 0 Å². The molecule has 0 aromatic carbocycles. The smallest absolute Gasteiger partial charge is 0.160 e. The summed E-state index contributed by atoms with van der Waals surface area (Å²) < 4.78 is 5.22. The molecule has 1 heterocycles. The zero-order chi connectivity index (χ0) is 11.3. The number of aromatic nitrogens is 1. The summed E-state index contributed by atoms with van der Waals surface area (Å²) in [6.45, 7) is 3.86. The average molecular weight is 209 g/mol. The lowest BCUT2D eigenvalue weighted by atomic mass is 10.3. The molecule has 1 rings (SSSR count). The minimum atomic E-state index is 0.791. The van der Waals surface area contributed by atoms with Crippen LogP contribution in [-0.2, 0) is 0 Å². The van der Waals surface area contributed by atoms with Crippen LogP contribution in [0.4, 0.5) is 5.69 Å². The molecule has 15 heavy (non-hydrogen) atoms. The van der Waals surface area contributed by atoms with Crippen LogP contribution in [0.5, 0.6) is 5.75 Å². The summed E-state index contributed by atoms with van der Waals surface area (Å²) in [6, 6.07) is 1.99. The van der Waals surface area contributed by atoms with Crippen molar-refractivity contribution in [3.05, 3.63) is 18.0 Å². The molecule has 1 aromatic rings. The number of likely N-dealkylation sites (N-methyl/N-ethyl adjacent to an activating group) is 1. The van der Waals surface area contributed by atoms with Gasteiger partial charge in [0.25, 0.3) is 0 Å². The molecule has 0 saturated heterocycles. The van der Waals surface area contributed by atoms with Gasteiger partial charge in [0.05, 0.1) is 19.0 Å². The van der Waals surface area contributed by atoms with Crippen molar-refractivity contribution in [1.29, 1.82) is 0 Å². The largest absolute Gasteiger partial charge is 0.493 e. The monoisotopic (exact) mass is 209 g/mol. The van der Waals surface area contributed by atoms with Crippen molar-refractivity contribution in [1.82, 2.24) is 9.88 Å². The number of nitrogens with zero attached hydrogens (tertiary/aromatic N) is 2. The first kappa shape index (κ1) is 11.8. The van der Waals surface area contributed by atoms with E-state index in [0.717, 1.165) is 30.2 Å². The van der Waals surface area contributed by atoms with Crippen LogP contribution in [0.2, 0.25) is 0 Å². The second kappa shape index (κ2) is 5.56. The topological polar surface area (TPSA) is 37.4 Å². The highest BCUT2D eigenvalue weighted by Gasteiger charge is 2.02. The third kappa shape index (κ3) is 3.75. The molecule has 4 nitrogen and oxygen atoms in total. The quantitative estimate of drug-likeness (QED) is 0.795. The molecule has 4 heteroatoms. The van der Waals surface area contributed by atoms with Crippen LogP contribution in [0.1, 0.15) is 5.69 Å². The summed E-state index contributed by atoms with van der Waals surface area (Å²) in [4.78, 5) is 6.31. The van der Waals surface area contributed by atoms with E-state index in [1.54, 1.807) is 13.3 Å². The van der Waals surface area contributed by atoms with E-state index < -0.39 is 0 Å². The van der Waals surface area contributed by atoms with Crippen LogP contribution in [0, 0.1) is 6.92 Å². The molecule has 1 N–H and O–H groups in total. The maximum Gasteiger partial charge on any atom is 0.160 e. The molecule has 0 amide bonds. The van der Waals surface area contributed by atoms with Crippen LogP contribution in [-0.4, -0.2) is 44.2 Å². The maximum absolute atomic E-state index is 5.22. The number of hydrogen-bond donors (Lipinski definition) is 1. The Kier molecular flexibility index (Phi) is 4.37. The number of ether oxygens (including phenoxy) is 1. The van der Waals surface area contributed by atoms with E-state index >= 15 is 0 Å². The van der Waals surface area contributed by atoms with Crippen molar-refractivity contribution in [2.24, 2.45) is 0 Å². The van der Waals surface area contributed by atoms with Crippen LogP contribution in [0.3, 0.4) is 0 Å². The summed E-state index contributed by atoms with van der Waals surface area (Å²) in [6.07, 6.45) is 1.74. The van der Waals surface area contributed by atoms with E-state index in [4.69, 9.17) is 4.74 Å². The number of anilines is 1. The molecule has 0 saturated carbocycles. The van der Waals surface area contributed by atoms with Gasteiger partial charge in [-0.25, -0.2) is 0 Å². The third-order valence-corrected chi connectivity index (χ3v) is 2.10. The Hall–Kier alpha value is -1.29. The second-order valence-corrected chi connectivity index (χ2v) is 3.76. The third-order valence-electron chi connectivity index (χ3n) is 2.10. The highest BCUT2D eigenvalue weighted by Crippen LogP contribution is 2.22. The maximum atomic E-state index is 5.22. The van der Waals surface area contributed by atoms with Gasteiger partial charge >= 0.3 is 0 Å². The van der Waals surface area contributed by atoms with Gasteiger partial charge in [0.1, 0.15) is 0 Å². The predicted molar refractivity (Wildman–Crippen MR) is 62.6 cm³/mol. The molecular formula is C11H19N3O.